The molecule has 1 fully saturated rings. The van der Waals surface area contributed by atoms with Gasteiger partial charge in [-0.25, -0.2) is 4.98 Å². The Kier molecular flexibility index (Phi) is 4.19. The molecule has 0 atom stereocenters. The van der Waals surface area contributed by atoms with Gasteiger partial charge in [0.25, 0.3) is 5.56 Å². The first kappa shape index (κ1) is 17.1. The van der Waals surface area contributed by atoms with Gasteiger partial charge in [0.05, 0.1) is 17.5 Å². The molecular weight excluding hydrogens is 346 g/mol. The number of hydrogen-bond donors (Lipinski definition) is 0. The second kappa shape index (κ2) is 6.86. The molecule has 5 rings (SSSR count). The van der Waals surface area contributed by atoms with Gasteiger partial charge in [-0.2, -0.15) is 9.78 Å². The minimum atomic E-state index is -0.0999. The monoisotopic (exact) mass is 369 g/mol. The predicted molar refractivity (Wildman–Crippen MR) is 112 cm³/mol. The van der Waals surface area contributed by atoms with Gasteiger partial charge in [-0.1, -0.05) is 73.9 Å². The molecule has 0 radical (unpaired) electrons. The van der Waals surface area contributed by atoms with Crippen LogP contribution in [0.2, 0.25) is 0 Å². The largest absolute Gasteiger partial charge is 0.278 e. The highest BCUT2D eigenvalue weighted by Crippen LogP contribution is 2.48. The van der Waals surface area contributed by atoms with E-state index in [0.29, 0.717) is 0 Å². The van der Waals surface area contributed by atoms with Gasteiger partial charge < -0.3 is 0 Å². The topological polar surface area (TPSA) is 47.2 Å². The third kappa shape index (κ3) is 2.80. The van der Waals surface area contributed by atoms with Crippen LogP contribution in [0.15, 0.2) is 70.8 Å². The van der Waals surface area contributed by atoms with E-state index >= 15 is 0 Å². The van der Waals surface area contributed by atoms with Gasteiger partial charge in [-0.3, -0.25) is 4.79 Å². The Labute approximate surface area is 164 Å². The normalized spacial score (nSPS) is 17.4. The lowest BCUT2D eigenvalue weighted by molar-refractivity contribution is 0.283. The molecule has 0 N–H and O–H groups in total. The summed E-state index contributed by atoms with van der Waals surface area (Å²) in [5, 5.41) is 4.43. The standard InChI is InChI=1S/C24H23N3O/c28-23-21-22(25-17-27(23)26-16-18-9-3-1-4-10-18)20-12-6-5-11-19(20)15-24(21)13-7-2-8-14-24/h1,3-6,9-12,16-17H,2,7-8,13-15H2/b26-16-. The Morgan fingerprint density at radius 2 is 1.71 bits per heavy atom. The van der Waals surface area contributed by atoms with Crippen molar-refractivity contribution < 1.29 is 0 Å². The second-order valence-corrected chi connectivity index (χ2v) is 7.95. The molecule has 1 spiro atoms. The molecule has 28 heavy (non-hydrogen) atoms. The molecule has 0 aliphatic heterocycles. The molecule has 2 aliphatic rings. The molecule has 1 heterocycles. The average molecular weight is 369 g/mol. The molecular formula is C24H23N3O. The zero-order chi connectivity index (χ0) is 19.0. The lowest BCUT2D eigenvalue weighted by Gasteiger charge is -2.41. The van der Waals surface area contributed by atoms with E-state index in [9.17, 15) is 4.79 Å². The maximum absolute atomic E-state index is 13.5. The summed E-state index contributed by atoms with van der Waals surface area (Å²) in [5.74, 6) is 0. The van der Waals surface area contributed by atoms with E-state index in [0.717, 1.165) is 41.6 Å². The maximum atomic E-state index is 13.5. The van der Waals surface area contributed by atoms with E-state index in [-0.39, 0.29) is 11.0 Å². The molecule has 0 unspecified atom stereocenters. The number of nitrogens with zero attached hydrogens (tertiary/aromatic N) is 3. The van der Waals surface area contributed by atoms with E-state index in [2.05, 4.69) is 23.3 Å². The van der Waals surface area contributed by atoms with Crippen molar-refractivity contribution in [1.82, 2.24) is 9.66 Å². The Morgan fingerprint density at radius 3 is 2.54 bits per heavy atom. The number of hydrogen-bond acceptors (Lipinski definition) is 3. The molecule has 0 amide bonds. The van der Waals surface area contributed by atoms with E-state index in [1.165, 1.54) is 29.5 Å². The zero-order valence-electron chi connectivity index (χ0n) is 15.8. The van der Waals surface area contributed by atoms with Crippen molar-refractivity contribution in [3.8, 4) is 11.3 Å². The average Bonchev–Trinajstić information content (AvgIpc) is 2.74. The van der Waals surface area contributed by atoms with Crippen molar-refractivity contribution in [2.45, 2.75) is 43.9 Å². The van der Waals surface area contributed by atoms with Crippen LogP contribution in [-0.4, -0.2) is 15.9 Å². The quantitative estimate of drug-likeness (QED) is 0.622. The van der Waals surface area contributed by atoms with Crippen molar-refractivity contribution >= 4 is 6.21 Å². The van der Waals surface area contributed by atoms with Crippen molar-refractivity contribution in [2.24, 2.45) is 5.10 Å². The fourth-order valence-electron chi connectivity index (χ4n) is 4.89. The van der Waals surface area contributed by atoms with Gasteiger partial charge >= 0.3 is 0 Å². The molecule has 0 bridgehead atoms. The predicted octanol–water partition coefficient (Wildman–Crippen LogP) is 4.55. The Bertz CT molecular complexity index is 1090. The summed E-state index contributed by atoms with van der Waals surface area (Å²) in [4.78, 5) is 18.3. The first-order valence-electron chi connectivity index (χ1n) is 10.1. The lowest BCUT2D eigenvalue weighted by Crippen LogP contribution is -2.42. The Balaban J connectivity index is 1.67. The highest BCUT2D eigenvalue weighted by molar-refractivity contribution is 5.79. The van der Waals surface area contributed by atoms with Crippen LogP contribution in [0.3, 0.4) is 0 Å². The summed E-state index contributed by atoms with van der Waals surface area (Å²) in [5.41, 5.74) is 4.99. The van der Waals surface area contributed by atoms with E-state index in [4.69, 9.17) is 4.98 Å². The van der Waals surface area contributed by atoms with Crippen LogP contribution < -0.4 is 5.56 Å². The molecule has 3 aromatic rings. The second-order valence-electron chi connectivity index (χ2n) is 7.95. The summed E-state index contributed by atoms with van der Waals surface area (Å²) in [6.45, 7) is 0. The summed E-state index contributed by atoms with van der Waals surface area (Å²) >= 11 is 0. The molecule has 1 saturated carbocycles. The third-order valence-corrected chi connectivity index (χ3v) is 6.23. The van der Waals surface area contributed by atoms with Crippen LogP contribution in [0.5, 0.6) is 0 Å². The molecule has 4 heteroatoms. The lowest BCUT2D eigenvalue weighted by atomic mass is 9.62. The summed E-state index contributed by atoms with van der Waals surface area (Å²) in [6, 6.07) is 18.2. The van der Waals surface area contributed by atoms with Crippen LogP contribution in [0, 0.1) is 0 Å². The first-order valence-corrected chi connectivity index (χ1v) is 10.1. The van der Waals surface area contributed by atoms with Crippen molar-refractivity contribution in [3.63, 3.8) is 0 Å². The molecule has 1 aromatic heterocycles. The smallest absolute Gasteiger partial charge is 0.267 e. The summed E-state index contributed by atoms with van der Waals surface area (Å²) in [7, 11) is 0. The van der Waals surface area contributed by atoms with Gasteiger partial charge in [0, 0.05) is 11.0 Å². The van der Waals surface area contributed by atoms with Gasteiger partial charge in [0.2, 0.25) is 0 Å². The van der Waals surface area contributed by atoms with Crippen molar-refractivity contribution in [1.29, 1.82) is 0 Å². The van der Waals surface area contributed by atoms with E-state index < -0.39 is 0 Å². The van der Waals surface area contributed by atoms with E-state index in [1.807, 2.05) is 36.4 Å². The highest BCUT2D eigenvalue weighted by Gasteiger charge is 2.42. The van der Waals surface area contributed by atoms with Gasteiger partial charge in [0.15, 0.2) is 0 Å². The van der Waals surface area contributed by atoms with Crippen LogP contribution in [-0.2, 0) is 11.8 Å². The van der Waals surface area contributed by atoms with Crippen LogP contribution in [0.25, 0.3) is 11.3 Å². The van der Waals surface area contributed by atoms with Gasteiger partial charge in [-0.05, 0) is 30.4 Å². The van der Waals surface area contributed by atoms with Crippen LogP contribution in [0.4, 0.5) is 0 Å². The molecule has 2 aromatic carbocycles. The summed E-state index contributed by atoms with van der Waals surface area (Å²) < 4.78 is 1.41. The molecule has 2 aliphatic carbocycles. The summed E-state index contributed by atoms with van der Waals surface area (Å²) in [6.07, 6.45) is 9.92. The SMILES string of the molecule is O=c1c2c(ncn1/N=C\c1ccccc1)-c1ccccc1CC21CCCCC1. The minimum absolute atomic E-state index is 0.0198. The Morgan fingerprint density at radius 1 is 0.964 bits per heavy atom. The van der Waals surface area contributed by atoms with Crippen molar-refractivity contribution in [3.05, 3.63) is 88.0 Å². The Hall–Kier alpha value is -3.01. The number of benzene rings is 2. The fourth-order valence-corrected chi connectivity index (χ4v) is 4.89. The number of rotatable bonds is 2. The van der Waals surface area contributed by atoms with Crippen molar-refractivity contribution in [2.75, 3.05) is 0 Å². The van der Waals surface area contributed by atoms with Crippen LogP contribution in [0.1, 0.15) is 48.8 Å². The van der Waals surface area contributed by atoms with Gasteiger partial charge in [0.1, 0.15) is 6.33 Å². The zero-order valence-corrected chi connectivity index (χ0v) is 15.8. The third-order valence-electron chi connectivity index (χ3n) is 6.23. The highest BCUT2D eigenvalue weighted by atomic mass is 16.1. The van der Waals surface area contributed by atoms with Gasteiger partial charge in [-0.15, -0.1) is 0 Å². The van der Waals surface area contributed by atoms with Crippen LogP contribution >= 0.6 is 0 Å². The molecule has 0 saturated heterocycles. The molecule has 140 valence electrons. The maximum Gasteiger partial charge on any atom is 0.278 e. The molecule has 4 nitrogen and oxygen atoms in total. The first-order chi connectivity index (χ1) is 13.8. The number of aromatic nitrogens is 2. The fraction of sp³-hybridized carbons (Fsp3) is 0.292. The minimum Gasteiger partial charge on any atom is -0.267 e. The van der Waals surface area contributed by atoms with E-state index in [1.54, 1.807) is 12.5 Å². The number of fused-ring (bicyclic) bond motifs is 4.